The lowest BCUT2D eigenvalue weighted by atomic mass is 9.89. The molecule has 74 valence electrons. The molecule has 1 amide bonds. The van der Waals surface area contributed by atoms with Crippen molar-refractivity contribution in [1.82, 2.24) is 4.90 Å². The molecule has 0 aromatic carbocycles. The van der Waals surface area contributed by atoms with Crippen molar-refractivity contribution >= 4 is 5.91 Å². The van der Waals surface area contributed by atoms with E-state index in [-0.39, 0.29) is 12.5 Å². The van der Waals surface area contributed by atoms with Gasteiger partial charge in [-0.1, -0.05) is 6.58 Å². The van der Waals surface area contributed by atoms with E-state index in [2.05, 4.69) is 6.58 Å². The topological polar surface area (TPSA) is 66.6 Å². The van der Waals surface area contributed by atoms with Crippen LogP contribution in [-0.2, 0) is 4.79 Å². The third-order valence-corrected chi connectivity index (χ3v) is 2.56. The van der Waals surface area contributed by atoms with E-state index in [0.29, 0.717) is 25.9 Å². The Morgan fingerprint density at radius 1 is 1.62 bits per heavy atom. The summed E-state index contributed by atoms with van der Waals surface area (Å²) in [5.41, 5.74) is 5.36. The van der Waals surface area contributed by atoms with Gasteiger partial charge in [-0.3, -0.25) is 4.79 Å². The molecule has 1 saturated heterocycles. The fraction of sp³-hybridized carbons (Fsp3) is 0.667. The fourth-order valence-electron chi connectivity index (χ4n) is 1.46. The van der Waals surface area contributed by atoms with E-state index < -0.39 is 5.54 Å². The molecule has 1 aliphatic rings. The van der Waals surface area contributed by atoms with Gasteiger partial charge in [0.05, 0.1) is 6.61 Å². The number of aliphatic hydroxyl groups excluding tert-OH is 1. The highest BCUT2D eigenvalue weighted by molar-refractivity contribution is 5.87. The van der Waals surface area contributed by atoms with Gasteiger partial charge < -0.3 is 15.7 Å². The molecule has 13 heavy (non-hydrogen) atoms. The van der Waals surface area contributed by atoms with Gasteiger partial charge in [0, 0.05) is 18.6 Å². The monoisotopic (exact) mass is 184 g/mol. The summed E-state index contributed by atoms with van der Waals surface area (Å²) in [5, 5.41) is 8.98. The third-order valence-electron chi connectivity index (χ3n) is 2.56. The van der Waals surface area contributed by atoms with Gasteiger partial charge in [0.25, 0.3) is 0 Å². The van der Waals surface area contributed by atoms with Crippen molar-refractivity contribution in [3.05, 3.63) is 12.7 Å². The molecule has 1 aliphatic heterocycles. The van der Waals surface area contributed by atoms with Gasteiger partial charge in [0.2, 0.25) is 5.91 Å². The molecule has 0 unspecified atom stereocenters. The average molecular weight is 184 g/mol. The molecular weight excluding hydrogens is 168 g/mol. The Morgan fingerprint density at radius 2 is 2.15 bits per heavy atom. The van der Waals surface area contributed by atoms with E-state index in [4.69, 9.17) is 10.8 Å². The summed E-state index contributed by atoms with van der Waals surface area (Å²) in [7, 11) is 0. The van der Waals surface area contributed by atoms with Crippen LogP contribution in [0.25, 0.3) is 0 Å². The first-order valence-electron chi connectivity index (χ1n) is 4.42. The summed E-state index contributed by atoms with van der Waals surface area (Å²) in [6.45, 7) is 4.64. The second-order valence-electron chi connectivity index (χ2n) is 3.55. The Balaban J connectivity index is 2.47. The number of rotatable bonds is 2. The first-order chi connectivity index (χ1) is 6.11. The summed E-state index contributed by atoms with van der Waals surface area (Å²) >= 11 is 0. The number of hydrogen-bond donors (Lipinski definition) is 2. The number of carbonyl (C=O) groups is 1. The molecule has 3 N–H and O–H groups in total. The van der Waals surface area contributed by atoms with Crippen LogP contribution < -0.4 is 5.73 Å². The Kier molecular flexibility index (Phi) is 3.06. The van der Waals surface area contributed by atoms with Crippen LogP contribution in [0.5, 0.6) is 0 Å². The number of hydrogen-bond acceptors (Lipinski definition) is 3. The van der Waals surface area contributed by atoms with Crippen molar-refractivity contribution in [2.75, 3.05) is 19.7 Å². The van der Waals surface area contributed by atoms with Gasteiger partial charge >= 0.3 is 0 Å². The number of aliphatic hydroxyl groups is 1. The normalized spacial score (nSPS) is 21.2. The second-order valence-corrected chi connectivity index (χ2v) is 3.55. The lowest BCUT2D eigenvalue weighted by Crippen LogP contribution is -2.53. The molecule has 0 aliphatic carbocycles. The minimum atomic E-state index is -0.488. The lowest BCUT2D eigenvalue weighted by molar-refractivity contribution is -0.127. The quantitative estimate of drug-likeness (QED) is 0.568. The van der Waals surface area contributed by atoms with Gasteiger partial charge in [0.15, 0.2) is 0 Å². The van der Waals surface area contributed by atoms with E-state index in [1.807, 2.05) is 0 Å². The Bertz CT molecular complexity index is 208. The van der Waals surface area contributed by atoms with Crippen LogP contribution in [0.2, 0.25) is 0 Å². The largest absolute Gasteiger partial charge is 0.394 e. The van der Waals surface area contributed by atoms with E-state index in [0.717, 1.165) is 0 Å². The van der Waals surface area contributed by atoms with Gasteiger partial charge in [-0.15, -0.1) is 0 Å². The van der Waals surface area contributed by atoms with E-state index >= 15 is 0 Å². The second kappa shape index (κ2) is 3.89. The molecule has 4 heteroatoms. The van der Waals surface area contributed by atoms with Crippen LogP contribution in [-0.4, -0.2) is 41.1 Å². The molecule has 1 heterocycles. The maximum atomic E-state index is 11.2. The van der Waals surface area contributed by atoms with Crippen molar-refractivity contribution in [3.63, 3.8) is 0 Å². The smallest absolute Gasteiger partial charge is 0.245 e. The predicted octanol–water partition coefficient (Wildman–Crippen LogP) is -0.515. The Hall–Kier alpha value is -0.870. The highest BCUT2D eigenvalue weighted by Crippen LogP contribution is 2.18. The number of likely N-dealkylation sites (tertiary alicyclic amines) is 1. The predicted molar refractivity (Wildman–Crippen MR) is 50.0 cm³/mol. The molecule has 1 rings (SSSR count). The Morgan fingerprint density at radius 3 is 2.54 bits per heavy atom. The number of nitrogens with two attached hydrogens (primary N) is 1. The van der Waals surface area contributed by atoms with Crippen LogP contribution >= 0.6 is 0 Å². The number of nitrogens with zero attached hydrogens (tertiary/aromatic N) is 1. The molecule has 0 saturated carbocycles. The maximum absolute atomic E-state index is 11.2. The minimum Gasteiger partial charge on any atom is -0.394 e. The highest BCUT2D eigenvalue weighted by atomic mass is 16.3. The fourth-order valence-corrected chi connectivity index (χ4v) is 1.46. The first-order valence-corrected chi connectivity index (χ1v) is 4.42. The van der Waals surface area contributed by atoms with Gasteiger partial charge in [-0.05, 0) is 18.9 Å². The lowest BCUT2D eigenvalue weighted by Gasteiger charge is -2.37. The molecule has 0 bridgehead atoms. The van der Waals surface area contributed by atoms with Crippen LogP contribution in [0.1, 0.15) is 12.8 Å². The zero-order chi connectivity index (χ0) is 9.90. The summed E-state index contributed by atoms with van der Waals surface area (Å²) in [6, 6.07) is 0. The van der Waals surface area contributed by atoms with E-state index in [1.54, 1.807) is 4.90 Å². The first kappa shape index (κ1) is 10.2. The van der Waals surface area contributed by atoms with Crippen molar-refractivity contribution in [1.29, 1.82) is 0 Å². The van der Waals surface area contributed by atoms with Crippen LogP contribution in [0.4, 0.5) is 0 Å². The summed E-state index contributed by atoms with van der Waals surface area (Å²) < 4.78 is 0. The van der Waals surface area contributed by atoms with E-state index in [1.165, 1.54) is 6.08 Å². The Labute approximate surface area is 78.0 Å². The summed E-state index contributed by atoms with van der Waals surface area (Å²) in [4.78, 5) is 12.9. The molecule has 0 atom stereocenters. The van der Waals surface area contributed by atoms with Gasteiger partial charge in [-0.2, -0.15) is 0 Å². The number of carbonyl (C=O) groups excluding carboxylic acids is 1. The zero-order valence-electron chi connectivity index (χ0n) is 7.70. The van der Waals surface area contributed by atoms with E-state index in [9.17, 15) is 4.79 Å². The standard InChI is InChI=1S/C9H16N2O2/c1-2-8(13)11-5-3-9(10,7-12)4-6-11/h2,12H,1,3-7,10H2. The highest BCUT2D eigenvalue weighted by Gasteiger charge is 2.30. The van der Waals surface area contributed by atoms with Crippen molar-refractivity contribution < 1.29 is 9.90 Å². The molecule has 4 nitrogen and oxygen atoms in total. The average Bonchev–Trinajstić information content (AvgIpc) is 2.18. The molecule has 0 spiro atoms. The summed E-state index contributed by atoms with van der Waals surface area (Å²) in [5.74, 6) is -0.0556. The third kappa shape index (κ3) is 2.29. The molecule has 0 aromatic heterocycles. The van der Waals surface area contributed by atoms with Crippen molar-refractivity contribution in [3.8, 4) is 0 Å². The van der Waals surface area contributed by atoms with Crippen LogP contribution in [0.15, 0.2) is 12.7 Å². The number of amides is 1. The van der Waals surface area contributed by atoms with Crippen LogP contribution in [0, 0.1) is 0 Å². The number of piperidine rings is 1. The summed E-state index contributed by atoms with van der Waals surface area (Å²) in [6.07, 6.45) is 2.62. The molecular formula is C9H16N2O2. The molecule has 0 radical (unpaired) electrons. The molecule has 1 fully saturated rings. The van der Waals surface area contributed by atoms with Gasteiger partial charge in [-0.25, -0.2) is 0 Å². The minimum absolute atomic E-state index is 0.0108. The molecule has 0 aromatic rings. The van der Waals surface area contributed by atoms with Crippen molar-refractivity contribution in [2.45, 2.75) is 18.4 Å². The maximum Gasteiger partial charge on any atom is 0.245 e. The SMILES string of the molecule is C=CC(=O)N1CCC(N)(CO)CC1. The van der Waals surface area contributed by atoms with Gasteiger partial charge in [0.1, 0.15) is 0 Å². The zero-order valence-corrected chi connectivity index (χ0v) is 7.70. The van der Waals surface area contributed by atoms with Crippen LogP contribution in [0.3, 0.4) is 0 Å². The van der Waals surface area contributed by atoms with Crippen molar-refractivity contribution in [2.24, 2.45) is 5.73 Å².